The van der Waals surface area contributed by atoms with Gasteiger partial charge in [0, 0.05) is 20.0 Å². The first-order valence-electron chi connectivity index (χ1n) is 6.21. The predicted octanol–water partition coefficient (Wildman–Crippen LogP) is 2.16. The van der Waals surface area contributed by atoms with Crippen molar-refractivity contribution in [3.05, 3.63) is 41.4 Å². The van der Waals surface area contributed by atoms with Crippen LogP contribution in [0.15, 0.2) is 30.3 Å². The Morgan fingerprint density at radius 3 is 2.50 bits per heavy atom. The highest BCUT2D eigenvalue weighted by Gasteiger charge is 2.21. The number of rotatable bonds is 6. The first-order valence-corrected chi connectivity index (χ1v) is 6.21. The molecule has 1 rings (SSSR count). The Morgan fingerprint density at radius 1 is 1.28 bits per heavy atom. The highest BCUT2D eigenvalue weighted by molar-refractivity contribution is 6.35. The molecule has 0 atom stereocenters. The van der Waals surface area contributed by atoms with Crippen LogP contribution >= 0.6 is 0 Å². The van der Waals surface area contributed by atoms with Gasteiger partial charge in [0.05, 0.1) is 0 Å². The molecular formula is C14H19N3O. The highest BCUT2D eigenvalue weighted by Crippen LogP contribution is 2.03. The summed E-state index contributed by atoms with van der Waals surface area (Å²) in [7, 11) is 0. The van der Waals surface area contributed by atoms with E-state index in [1.807, 2.05) is 37.3 Å². The van der Waals surface area contributed by atoms with Crippen LogP contribution < -0.4 is 0 Å². The summed E-state index contributed by atoms with van der Waals surface area (Å²) in [5, 5.41) is 0. The number of carbonyl (C=O) groups excluding carboxylic acids is 1. The molecule has 0 aliphatic heterocycles. The van der Waals surface area contributed by atoms with Crippen molar-refractivity contribution in [3.63, 3.8) is 0 Å². The van der Waals surface area contributed by atoms with Gasteiger partial charge in [-0.3, -0.25) is 4.79 Å². The first kappa shape index (κ1) is 14.1. The van der Waals surface area contributed by atoms with Gasteiger partial charge in [0.2, 0.25) is 0 Å². The maximum absolute atomic E-state index is 11.9. The second-order valence-corrected chi connectivity index (χ2v) is 4.21. The molecular weight excluding hydrogens is 226 g/mol. The number of hydrogen-bond acceptors (Lipinski definition) is 1. The molecule has 0 unspecified atom stereocenters. The van der Waals surface area contributed by atoms with Crippen molar-refractivity contribution in [2.45, 2.75) is 26.7 Å². The van der Waals surface area contributed by atoms with Gasteiger partial charge in [0.1, 0.15) is 0 Å². The van der Waals surface area contributed by atoms with E-state index in [0.717, 1.165) is 12.8 Å². The Balaban J connectivity index is 2.64. The van der Waals surface area contributed by atoms with E-state index < -0.39 is 0 Å². The summed E-state index contributed by atoms with van der Waals surface area (Å²) in [4.78, 5) is 16.6. The minimum atomic E-state index is -0.199. The Labute approximate surface area is 108 Å². The van der Waals surface area contributed by atoms with Gasteiger partial charge in [-0.15, -0.1) is 0 Å². The largest absolute Gasteiger partial charge is 0.361 e. The van der Waals surface area contributed by atoms with Gasteiger partial charge in [0.25, 0.3) is 0 Å². The Bertz CT molecular complexity index is 436. The van der Waals surface area contributed by atoms with Crippen LogP contribution in [0.25, 0.3) is 5.53 Å². The summed E-state index contributed by atoms with van der Waals surface area (Å²) in [6, 6.07) is 10.0. The zero-order valence-electron chi connectivity index (χ0n) is 11.0. The molecule has 0 aromatic heterocycles. The van der Waals surface area contributed by atoms with Gasteiger partial charge in [-0.25, -0.2) is 0 Å². The van der Waals surface area contributed by atoms with Crippen LogP contribution in [0.3, 0.4) is 0 Å². The lowest BCUT2D eigenvalue weighted by Crippen LogP contribution is -2.38. The number of hydrogen-bond donors (Lipinski definition) is 0. The second-order valence-electron chi connectivity index (χ2n) is 4.21. The average Bonchev–Trinajstić information content (AvgIpc) is 2.43. The molecule has 0 saturated carbocycles. The van der Waals surface area contributed by atoms with Gasteiger partial charge < -0.3 is 10.4 Å². The highest BCUT2D eigenvalue weighted by atomic mass is 16.2. The average molecular weight is 245 g/mol. The lowest BCUT2D eigenvalue weighted by Gasteiger charge is -2.19. The number of carbonyl (C=O) groups is 1. The third-order valence-electron chi connectivity index (χ3n) is 2.75. The summed E-state index contributed by atoms with van der Waals surface area (Å²) in [6.45, 7) is 4.86. The fourth-order valence-corrected chi connectivity index (χ4v) is 1.77. The third-order valence-corrected chi connectivity index (χ3v) is 2.75. The van der Waals surface area contributed by atoms with Gasteiger partial charge in [-0.05, 0) is 18.4 Å². The molecule has 0 heterocycles. The molecule has 0 N–H and O–H groups in total. The Hall–Kier alpha value is -1.93. The minimum absolute atomic E-state index is 0.136. The number of nitrogens with zero attached hydrogens (tertiary/aromatic N) is 3. The molecule has 0 aliphatic rings. The molecule has 1 aromatic rings. The predicted molar refractivity (Wildman–Crippen MR) is 71.3 cm³/mol. The van der Waals surface area contributed by atoms with Crippen molar-refractivity contribution in [2.24, 2.45) is 0 Å². The maximum atomic E-state index is 11.9. The smallest absolute Gasteiger partial charge is 0.353 e. The number of amides is 1. The summed E-state index contributed by atoms with van der Waals surface area (Å²) in [5.74, 6) is -0.199. The molecule has 18 heavy (non-hydrogen) atoms. The molecule has 0 radical (unpaired) electrons. The molecule has 4 heteroatoms. The third kappa shape index (κ3) is 4.15. The second kappa shape index (κ2) is 7.41. The molecule has 0 spiro atoms. The topological polar surface area (TPSA) is 56.7 Å². The van der Waals surface area contributed by atoms with E-state index in [9.17, 15) is 4.79 Å². The summed E-state index contributed by atoms with van der Waals surface area (Å²) in [6.07, 6.45) is 1.70. The fourth-order valence-electron chi connectivity index (χ4n) is 1.77. The molecule has 1 aromatic carbocycles. The van der Waals surface area contributed by atoms with Crippen molar-refractivity contribution in [1.29, 1.82) is 0 Å². The zero-order chi connectivity index (χ0) is 13.4. The van der Waals surface area contributed by atoms with Crippen LogP contribution in [-0.4, -0.2) is 34.4 Å². The fraction of sp³-hybridized carbons (Fsp3) is 0.429. The van der Waals surface area contributed by atoms with Gasteiger partial charge in [-0.2, -0.15) is 4.79 Å². The normalized spacial score (nSPS) is 9.67. The minimum Gasteiger partial charge on any atom is -0.361 e. The molecule has 1 amide bonds. The summed E-state index contributed by atoms with van der Waals surface area (Å²) < 4.78 is 0. The SMILES string of the molecule is CCCN(CCc1ccccc1)C(=O)C(C)=[N+]=[N-]. The van der Waals surface area contributed by atoms with E-state index in [0.29, 0.717) is 13.1 Å². The molecule has 4 nitrogen and oxygen atoms in total. The lowest BCUT2D eigenvalue weighted by atomic mass is 10.1. The maximum Gasteiger partial charge on any atom is 0.353 e. The monoisotopic (exact) mass is 245 g/mol. The quantitative estimate of drug-likeness (QED) is 0.430. The molecule has 0 fully saturated rings. The van der Waals surface area contributed by atoms with E-state index in [1.54, 1.807) is 4.90 Å². The summed E-state index contributed by atoms with van der Waals surface area (Å²) in [5.41, 5.74) is 9.98. The molecule has 0 saturated heterocycles. The zero-order valence-corrected chi connectivity index (χ0v) is 11.0. The Kier molecular flexibility index (Phi) is 5.81. The van der Waals surface area contributed by atoms with Gasteiger partial charge >= 0.3 is 11.6 Å². The molecule has 0 aliphatic carbocycles. The standard InChI is InChI=1S/C14H19N3O/c1-3-10-17(14(18)12(2)16-15)11-9-13-7-5-4-6-8-13/h4-8H,3,9-11H2,1-2H3. The molecule has 96 valence electrons. The van der Waals surface area contributed by atoms with Crippen LogP contribution in [0.5, 0.6) is 0 Å². The van der Waals surface area contributed by atoms with Crippen LogP contribution in [0.1, 0.15) is 25.8 Å². The van der Waals surface area contributed by atoms with E-state index in [-0.39, 0.29) is 11.6 Å². The van der Waals surface area contributed by atoms with E-state index in [2.05, 4.69) is 4.79 Å². The van der Waals surface area contributed by atoms with Crippen molar-refractivity contribution >= 4 is 11.6 Å². The van der Waals surface area contributed by atoms with E-state index in [1.165, 1.54) is 12.5 Å². The van der Waals surface area contributed by atoms with Crippen molar-refractivity contribution < 1.29 is 9.58 Å². The van der Waals surface area contributed by atoms with E-state index in [4.69, 9.17) is 5.53 Å². The van der Waals surface area contributed by atoms with Crippen LogP contribution in [0.4, 0.5) is 0 Å². The van der Waals surface area contributed by atoms with Crippen molar-refractivity contribution in [3.8, 4) is 0 Å². The van der Waals surface area contributed by atoms with Crippen molar-refractivity contribution in [2.75, 3.05) is 13.1 Å². The van der Waals surface area contributed by atoms with Gasteiger partial charge in [0.15, 0.2) is 0 Å². The van der Waals surface area contributed by atoms with E-state index >= 15 is 0 Å². The first-order chi connectivity index (χ1) is 8.69. The Morgan fingerprint density at radius 2 is 1.94 bits per heavy atom. The van der Waals surface area contributed by atoms with Crippen LogP contribution in [-0.2, 0) is 11.2 Å². The summed E-state index contributed by atoms with van der Waals surface area (Å²) >= 11 is 0. The lowest BCUT2D eigenvalue weighted by molar-refractivity contribution is -0.128. The molecule has 0 bridgehead atoms. The number of benzene rings is 1. The van der Waals surface area contributed by atoms with Crippen LogP contribution in [0.2, 0.25) is 0 Å². The van der Waals surface area contributed by atoms with Crippen LogP contribution in [0, 0.1) is 0 Å². The van der Waals surface area contributed by atoms with Crippen molar-refractivity contribution in [1.82, 2.24) is 4.90 Å². The van der Waals surface area contributed by atoms with Gasteiger partial charge in [-0.1, -0.05) is 37.3 Å².